The molecule has 0 aliphatic carbocycles. The molecule has 0 spiro atoms. The van der Waals surface area contributed by atoms with E-state index in [0.717, 1.165) is 0 Å². The van der Waals surface area contributed by atoms with Crippen LogP contribution in [0.25, 0.3) is 0 Å². The summed E-state index contributed by atoms with van der Waals surface area (Å²) in [7, 11) is 0. The number of urea groups is 1. The van der Waals surface area contributed by atoms with Gasteiger partial charge in [-0.15, -0.1) is 11.8 Å². The van der Waals surface area contributed by atoms with Gasteiger partial charge in [-0.2, -0.15) is 0 Å². The van der Waals surface area contributed by atoms with Gasteiger partial charge >= 0.3 is 12.0 Å². The molecule has 0 aromatic rings. The van der Waals surface area contributed by atoms with Crippen molar-refractivity contribution in [2.24, 2.45) is 11.7 Å². The first-order valence-corrected chi connectivity index (χ1v) is 5.83. The van der Waals surface area contributed by atoms with Gasteiger partial charge in [0.15, 0.2) is 0 Å². The highest BCUT2D eigenvalue weighted by molar-refractivity contribution is 8.00. The molecule has 0 aliphatic rings. The van der Waals surface area contributed by atoms with Crippen molar-refractivity contribution in [3.63, 3.8) is 0 Å². The lowest BCUT2D eigenvalue weighted by atomic mass is 10.1. The zero-order chi connectivity index (χ0) is 12.7. The molecule has 0 fully saturated rings. The van der Waals surface area contributed by atoms with E-state index in [2.05, 4.69) is 0 Å². The molecule has 0 aromatic carbocycles. The van der Waals surface area contributed by atoms with Gasteiger partial charge in [-0.25, -0.2) is 4.79 Å². The third-order valence-electron chi connectivity index (χ3n) is 1.74. The number of carboxylic acids is 1. The van der Waals surface area contributed by atoms with E-state index in [1.54, 1.807) is 13.8 Å². The van der Waals surface area contributed by atoms with E-state index in [-0.39, 0.29) is 12.3 Å². The van der Waals surface area contributed by atoms with Crippen LogP contribution in [0, 0.1) is 5.92 Å². The fraction of sp³-hybridized carbons (Fsp3) is 0.667. The van der Waals surface area contributed by atoms with E-state index in [0.29, 0.717) is 5.75 Å². The van der Waals surface area contributed by atoms with Crippen molar-refractivity contribution >= 4 is 29.7 Å². The van der Waals surface area contributed by atoms with E-state index in [4.69, 9.17) is 10.8 Å². The van der Waals surface area contributed by atoms with Crippen molar-refractivity contribution < 1.29 is 19.5 Å². The van der Waals surface area contributed by atoms with Gasteiger partial charge in [0.2, 0.25) is 5.91 Å². The lowest BCUT2D eigenvalue weighted by Gasteiger charge is -2.14. The van der Waals surface area contributed by atoms with Crippen LogP contribution in [0.2, 0.25) is 0 Å². The van der Waals surface area contributed by atoms with E-state index in [1.165, 1.54) is 11.8 Å². The Labute approximate surface area is 98.0 Å². The van der Waals surface area contributed by atoms with Gasteiger partial charge in [-0.3, -0.25) is 14.9 Å². The number of hydrogen-bond acceptors (Lipinski definition) is 4. The summed E-state index contributed by atoms with van der Waals surface area (Å²) < 4.78 is 0. The molecule has 3 amide bonds. The van der Waals surface area contributed by atoms with Crippen molar-refractivity contribution in [2.75, 3.05) is 5.75 Å². The summed E-state index contributed by atoms with van der Waals surface area (Å²) in [4.78, 5) is 32.1. The molecule has 0 saturated carbocycles. The number of imide groups is 1. The van der Waals surface area contributed by atoms with Crippen LogP contribution in [0.1, 0.15) is 20.3 Å². The average molecular weight is 248 g/mol. The van der Waals surface area contributed by atoms with Gasteiger partial charge in [-0.05, 0) is 5.92 Å². The number of carboxylic acid groups (broad SMARTS) is 1. The van der Waals surface area contributed by atoms with Gasteiger partial charge in [0, 0.05) is 12.2 Å². The van der Waals surface area contributed by atoms with Crippen LogP contribution in [0.15, 0.2) is 0 Å². The van der Waals surface area contributed by atoms with Gasteiger partial charge in [0.25, 0.3) is 0 Å². The quantitative estimate of drug-likeness (QED) is 0.631. The summed E-state index contributed by atoms with van der Waals surface area (Å²) in [5.41, 5.74) is 4.75. The van der Waals surface area contributed by atoms with Crippen LogP contribution in [0.4, 0.5) is 4.79 Å². The maximum absolute atomic E-state index is 11.0. The van der Waals surface area contributed by atoms with Gasteiger partial charge in [0.05, 0.1) is 0 Å². The highest BCUT2D eigenvalue weighted by Gasteiger charge is 2.21. The second-order valence-corrected chi connectivity index (χ2v) is 4.79. The number of primary amides is 1. The molecule has 16 heavy (non-hydrogen) atoms. The molecule has 6 nitrogen and oxygen atoms in total. The number of aliphatic carboxylic acids is 1. The SMILES string of the molecule is CC(C)C(SCCC(=O)NC(N)=O)C(=O)O. The molecule has 7 heteroatoms. The Morgan fingerprint density at radius 3 is 2.31 bits per heavy atom. The molecule has 0 aromatic heterocycles. The van der Waals surface area contributed by atoms with Crippen molar-refractivity contribution in [3.8, 4) is 0 Å². The monoisotopic (exact) mass is 248 g/mol. The van der Waals surface area contributed by atoms with Crippen LogP contribution >= 0.6 is 11.8 Å². The molecule has 0 heterocycles. The van der Waals surface area contributed by atoms with Crippen LogP contribution < -0.4 is 11.1 Å². The summed E-state index contributed by atoms with van der Waals surface area (Å²) in [6.45, 7) is 3.60. The number of nitrogens with two attached hydrogens (primary N) is 1. The number of rotatable bonds is 6. The predicted molar refractivity (Wildman–Crippen MR) is 61.1 cm³/mol. The highest BCUT2D eigenvalue weighted by atomic mass is 32.2. The Balaban J connectivity index is 3.91. The van der Waals surface area contributed by atoms with Gasteiger partial charge in [0.1, 0.15) is 5.25 Å². The first-order valence-electron chi connectivity index (χ1n) is 4.78. The fourth-order valence-corrected chi connectivity index (χ4v) is 2.11. The number of thioether (sulfide) groups is 1. The van der Waals surface area contributed by atoms with Crippen molar-refractivity contribution in [2.45, 2.75) is 25.5 Å². The lowest BCUT2D eigenvalue weighted by Crippen LogP contribution is -2.35. The molecule has 0 saturated heterocycles. The summed E-state index contributed by atoms with van der Waals surface area (Å²) in [5.74, 6) is -1.06. The number of carbonyl (C=O) groups is 3. The molecule has 0 rings (SSSR count). The zero-order valence-electron chi connectivity index (χ0n) is 9.23. The van der Waals surface area contributed by atoms with Crippen LogP contribution in [0.3, 0.4) is 0 Å². The van der Waals surface area contributed by atoms with E-state index >= 15 is 0 Å². The Morgan fingerprint density at radius 1 is 1.38 bits per heavy atom. The lowest BCUT2D eigenvalue weighted by molar-refractivity contribution is -0.137. The second kappa shape index (κ2) is 7.10. The predicted octanol–water partition coefficient (Wildman–Crippen LogP) is 0.414. The minimum Gasteiger partial charge on any atom is -0.480 e. The Morgan fingerprint density at radius 2 is 1.94 bits per heavy atom. The highest BCUT2D eigenvalue weighted by Crippen LogP contribution is 2.20. The molecule has 4 N–H and O–H groups in total. The topological polar surface area (TPSA) is 109 Å². The molecule has 1 atom stereocenters. The minimum atomic E-state index is -0.895. The Bertz CT molecular complexity index is 281. The normalized spacial score (nSPS) is 12.2. The molecule has 0 aliphatic heterocycles. The van der Waals surface area contributed by atoms with Crippen molar-refractivity contribution in [1.29, 1.82) is 0 Å². The number of nitrogens with one attached hydrogen (secondary N) is 1. The maximum Gasteiger partial charge on any atom is 0.318 e. The van der Waals surface area contributed by atoms with Crippen molar-refractivity contribution in [1.82, 2.24) is 5.32 Å². The number of carbonyl (C=O) groups excluding carboxylic acids is 2. The Hall–Kier alpha value is -1.24. The molecular formula is C9H16N2O4S. The third kappa shape index (κ3) is 6.28. The van der Waals surface area contributed by atoms with Gasteiger partial charge in [-0.1, -0.05) is 13.8 Å². The summed E-state index contributed by atoms with van der Waals surface area (Å²) in [6, 6.07) is -0.895. The summed E-state index contributed by atoms with van der Waals surface area (Å²) in [6.07, 6.45) is 0.0735. The fourth-order valence-electron chi connectivity index (χ4n) is 1.03. The minimum absolute atomic E-state index is 0.0123. The first kappa shape index (κ1) is 14.8. The van der Waals surface area contributed by atoms with Crippen LogP contribution in [-0.4, -0.2) is 34.0 Å². The van der Waals surface area contributed by atoms with E-state index in [9.17, 15) is 14.4 Å². The second-order valence-electron chi connectivity index (χ2n) is 3.54. The molecule has 92 valence electrons. The molecular weight excluding hydrogens is 232 g/mol. The molecule has 1 unspecified atom stereocenters. The van der Waals surface area contributed by atoms with Crippen LogP contribution in [-0.2, 0) is 9.59 Å². The Kier molecular flexibility index (Phi) is 6.55. The van der Waals surface area contributed by atoms with E-state index < -0.39 is 23.2 Å². The van der Waals surface area contributed by atoms with Crippen LogP contribution in [0.5, 0.6) is 0 Å². The number of amides is 3. The summed E-state index contributed by atoms with van der Waals surface area (Å²) >= 11 is 1.18. The average Bonchev–Trinajstić information content (AvgIpc) is 2.09. The maximum atomic E-state index is 11.0. The first-order chi connectivity index (χ1) is 7.34. The molecule has 0 bridgehead atoms. The standard InChI is InChI=1S/C9H16N2O4S/c1-5(2)7(8(13)14)16-4-3-6(12)11-9(10)15/h5,7H,3-4H2,1-2H3,(H,13,14)(H3,10,11,12,15). The largest absolute Gasteiger partial charge is 0.480 e. The third-order valence-corrected chi connectivity index (χ3v) is 3.28. The van der Waals surface area contributed by atoms with Crippen molar-refractivity contribution in [3.05, 3.63) is 0 Å². The summed E-state index contributed by atoms with van der Waals surface area (Å²) in [5, 5.41) is 10.2. The van der Waals surface area contributed by atoms with Gasteiger partial charge < -0.3 is 10.8 Å². The van der Waals surface area contributed by atoms with E-state index in [1.807, 2.05) is 5.32 Å². The zero-order valence-corrected chi connectivity index (χ0v) is 10.0. The molecule has 0 radical (unpaired) electrons. The smallest absolute Gasteiger partial charge is 0.318 e. The number of hydrogen-bond donors (Lipinski definition) is 3.